The van der Waals surface area contributed by atoms with Crippen molar-refractivity contribution in [3.8, 4) is 0 Å². The maximum absolute atomic E-state index is 13.6. The second-order valence-corrected chi connectivity index (χ2v) is 10.0. The molecule has 2 aliphatic rings. The molecule has 0 spiro atoms. The minimum atomic E-state index is 0.117. The van der Waals surface area contributed by atoms with Gasteiger partial charge in [0.15, 0.2) is 10.7 Å². The second-order valence-electron chi connectivity index (χ2n) is 9.16. The lowest BCUT2D eigenvalue weighted by Gasteiger charge is -2.39. The molecule has 7 heteroatoms. The van der Waals surface area contributed by atoms with E-state index in [9.17, 15) is 4.79 Å². The van der Waals surface area contributed by atoms with E-state index in [4.69, 9.17) is 4.98 Å². The number of hydrogen-bond acceptors (Lipinski definition) is 5. The van der Waals surface area contributed by atoms with Crippen LogP contribution in [0.1, 0.15) is 59.9 Å². The quantitative estimate of drug-likeness (QED) is 0.594. The fourth-order valence-electron chi connectivity index (χ4n) is 5.08. The van der Waals surface area contributed by atoms with Crippen LogP contribution in [0.4, 0.5) is 0 Å². The van der Waals surface area contributed by atoms with E-state index in [1.165, 1.54) is 24.8 Å². The fourth-order valence-corrected chi connectivity index (χ4v) is 5.81. The molecule has 2 saturated heterocycles. The average Bonchev–Trinajstić information content (AvgIpc) is 3.38. The number of hydrogen-bond donors (Lipinski definition) is 0. The molecule has 3 aromatic rings. The molecule has 2 aromatic heterocycles. The highest BCUT2D eigenvalue weighted by Crippen LogP contribution is 2.27. The average molecular weight is 452 g/mol. The molecular weight excluding hydrogens is 418 g/mol. The Labute approximate surface area is 194 Å². The number of nitrogens with zero attached hydrogens (tertiary/aromatic N) is 5. The Bertz CT molecular complexity index is 1040. The molecule has 2 fully saturated rings. The molecule has 0 bridgehead atoms. The Hall–Kier alpha value is -2.22. The number of amides is 1. The molecule has 1 aromatic carbocycles. The van der Waals surface area contributed by atoms with Crippen molar-refractivity contribution in [2.45, 2.75) is 44.7 Å². The van der Waals surface area contributed by atoms with Gasteiger partial charge in [-0.3, -0.25) is 19.0 Å². The second kappa shape index (κ2) is 9.73. The maximum Gasteiger partial charge on any atom is 0.274 e. The summed E-state index contributed by atoms with van der Waals surface area (Å²) in [4.78, 5) is 26.3. The Morgan fingerprint density at radius 3 is 2.56 bits per heavy atom. The highest BCUT2D eigenvalue weighted by molar-refractivity contribution is 7.15. The third-order valence-electron chi connectivity index (χ3n) is 7.00. The number of likely N-dealkylation sites (tertiary alicyclic amines) is 1. The summed E-state index contributed by atoms with van der Waals surface area (Å²) >= 11 is 1.61. The standard InChI is InChI=1S/C25H33N5OS/c1-27-14-15-28(18-21(27)20-10-6-5-7-11-20)19-22-23(26-25-30(22)16-17-32-25)24(31)29-12-8-3-2-4-9-13-29/h5-7,10-11,16-17,21H,2-4,8-9,12-15,18-19H2,1H3. The topological polar surface area (TPSA) is 44.1 Å². The van der Waals surface area contributed by atoms with E-state index in [2.05, 4.69) is 63.2 Å². The molecule has 5 rings (SSSR count). The van der Waals surface area contributed by atoms with Crippen molar-refractivity contribution in [1.29, 1.82) is 0 Å². The Morgan fingerprint density at radius 1 is 1.03 bits per heavy atom. The van der Waals surface area contributed by atoms with Crippen LogP contribution in [0.5, 0.6) is 0 Å². The predicted molar refractivity (Wildman–Crippen MR) is 129 cm³/mol. The minimum absolute atomic E-state index is 0.117. The van der Waals surface area contributed by atoms with Crippen LogP contribution in [0.3, 0.4) is 0 Å². The molecule has 1 unspecified atom stereocenters. The first-order chi connectivity index (χ1) is 15.7. The summed E-state index contributed by atoms with van der Waals surface area (Å²) in [6.45, 7) is 5.43. The van der Waals surface area contributed by atoms with Crippen molar-refractivity contribution < 1.29 is 4.79 Å². The molecule has 4 heterocycles. The number of benzene rings is 1. The van der Waals surface area contributed by atoms with Crippen LogP contribution in [-0.4, -0.2) is 69.8 Å². The highest BCUT2D eigenvalue weighted by Gasteiger charge is 2.30. The zero-order valence-corrected chi connectivity index (χ0v) is 19.8. The van der Waals surface area contributed by atoms with E-state index in [1.807, 2.05) is 4.90 Å². The van der Waals surface area contributed by atoms with E-state index in [0.717, 1.165) is 62.8 Å². The summed E-state index contributed by atoms with van der Waals surface area (Å²) in [6.07, 6.45) is 7.99. The normalized spacial score (nSPS) is 21.5. The molecule has 1 atom stereocenters. The number of likely N-dealkylation sites (N-methyl/N-ethyl adjacent to an activating group) is 1. The van der Waals surface area contributed by atoms with Crippen molar-refractivity contribution in [2.75, 3.05) is 39.8 Å². The third-order valence-corrected chi connectivity index (χ3v) is 7.75. The van der Waals surface area contributed by atoms with Crippen LogP contribution in [-0.2, 0) is 6.54 Å². The number of carbonyl (C=O) groups is 1. The van der Waals surface area contributed by atoms with Gasteiger partial charge in [-0.15, -0.1) is 11.3 Å². The number of thiazole rings is 1. The lowest BCUT2D eigenvalue weighted by Crippen LogP contribution is -2.46. The number of carbonyl (C=O) groups excluding carboxylic acids is 1. The number of fused-ring (bicyclic) bond motifs is 1. The number of piperazine rings is 1. The largest absolute Gasteiger partial charge is 0.337 e. The SMILES string of the molecule is CN1CCN(Cc2c(C(=O)N3CCCCCCC3)nc3sccn23)CC1c1ccccc1. The molecule has 2 aliphatic heterocycles. The maximum atomic E-state index is 13.6. The molecule has 0 saturated carbocycles. The Morgan fingerprint density at radius 2 is 1.78 bits per heavy atom. The van der Waals surface area contributed by atoms with Gasteiger partial charge in [-0.1, -0.05) is 49.6 Å². The van der Waals surface area contributed by atoms with Gasteiger partial charge < -0.3 is 4.90 Å². The molecule has 0 radical (unpaired) electrons. The molecule has 32 heavy (non-hydrogen) atoms. The van der Waals surface area contributed by atoms with Crippen LogP contribution >= 0.6 is 11.3 Å². The van der Waals surface area contributed by atoms with Crippen molar-refractivity contribution in [2.24, 2.45) is 0 Å². The van der Waals surface area contributed by atoms with E-state index >= 15 is 0 Å². The minimum Gasteiger partial charge on any atom is -0.337 e. The van der Waals surface area contributed by atoms with Crippen LogP contribution in [0.2, 0.25) is 0 Å². The van der Waals surface area contributed by atoms with Gasteiger partial charge in [-0.05, 0) is 25.5 Å². The molecule has 0 aliphatic carbocycles. The molecule has 0 N–H and O–H groups in total. The van der Waals surface area contributed by atoms with E-state index in [1.54, 1.807) is 11.3 Å². The summed E-state index contributed by atoms with van der Waals surface area (Å²) in [5, 5.41) is 2.06. The first-order valence-corrected chi connectivity index (χ1v) is 12.8. The van der Waals surface area contributed by atoms with Gasteiger partial charge in [-0.2, -0.15) is 0 Å². The summed E-state index contributed by atoms with van der Waals surface area (Å²) in [5.41, 5.74) is 3.06. The van der Waals surface area contributed by atoms with E-state index < -0.39 is 0 Å². The van der Waals surface area contributed by atoms with Gasteiger partial charge in [0, 0.05) is 56.9 Å². The van der Waals surface area contributed by atoms with Crippen LogP contribution in [0, 0.1) is 0 Å². The molecule has 1 amide bonds. The lowest BCUT2D eigenvalue weighted by atomic mass is 10.0. The third kappa shape index (κ3) is 4.47. The van der Waals surface area contributed by atoms with Crippen LogP contribution in [0.25, 0.3) is 4.96 Å². The van der Waals surface area contributed by atoms with Crippen LogP contribution < -0.4 is 0 Å². The fraction of sp³-hybridized carbons (Fsp3) is 0.520. The van der Waals surface area contributed by atoms with Crippen LogP contribution in [0.15, 0.2) is 41.9 Å². The number of aromatic nitrogens is 2. The van der Waals surface area contributed by atoms with Gasteiger partial charge >= 0.3 is 0 Å². The van der Waals surface area contributed by atoms with Gasteiger partial charge in [0.25, 0.3) is 5.91 Å². The van der Waals surface area contributed by atoms with Gasteiger partial charge in [0.2, 0.25) is 0 Å². The summed E-state index contributed by atoms with van der Waals surface area (Å²) in [5.74, 6) is 0.117. The highest BCUT2D eigenvalue weighted by atomic mass is 32.1. The van der Waals surface area contributed by atoms with Crippen molar-refractivity contribution in [3.05, 3.63) is 58.9 Å². The smallest absolute Gasteiger partial charge is 0.274 e. The van der Waals surface area contributed by atoms with Gasteiger partial charge in [-0.25, -0.2) is 4.98 Å². The van der Waals surface area contributed by atoms with Crippen molar-refractivity contribution >= 4 is 22.2 Å². The monoisotopic (exact) mass is 451 g/mol. The van der Waals surface area contributed by atoms with E-state index in [-0.39, 0.29) is 5.91 Å². The lowest BCUT2D eigenvalue weighted by molar-refractivity contribution is 0.0726. The molecule has 6 nitrogen and oxygen atoms in total. The van der Waals surface area contributed by atoms with E-state index in [0.29, 0.717) is 11.7 Å². The Kier molecular flexibility index (Phi) is 6.57. The predicted octanol–water partition coefficient (Wildman–Crippen LogP) is 4.29. The number of imidazole rings is 1. The van der Waals surface area contributed by atoms with Gasteiger partial charge in [0.1, 0.15) is 0 Å². The zero-order valence-electron chi connectivity index (χ0n) is 18.9. The van der Waals surface area contributed by atoms with Crippen molar-refractivity contribution in [3.63, 3.8) is 0 Å². The zero-order chi connectivity index (χ0) is 21.9. The van der Waals surface area contributed by atoms with Crippen molar-refractivity contribution in [1.82, 2.24) is 24.1 Å². The first kappa shape index (κ1) is 21.6. The molecular formula is C25H33N5OS. The first-order valence-electron chi connectivity index (χ1n) is 11.9. The Balaban J connectivity index is 1.39. The van der Waals surface area contributed by atoms with Gasteiger partial charge in [0.05, 0.1) is 5.69 Å². The summed E-state index contributed by atoms with van der Waals surface area (Å²) in [6, 6.07) is 11.1. The number of rotatable bonds is 4. The molecule has 170 valence electrons. The summed E-state index contributed by atoms with van der Waals surface area (Å²) in [7, 11) is 2.21. The summed E-state index contributed by atoms with van der Waals surface area (Å²) < 4.78 is 2.14.